The van der Waals surface area contributed by atoms with Gasteiger partial charge in [-0.1, -0.05) is 0 Å². The van der Waals surface area contributed by atoms with Gasteiger partial charge in [0.05, 0.1) is 0 Å². The molecule has 0 amide bonds. The fraction of sp³-hybridized carbons (Fsp3) is 0.750. The van der Waals surface area contributed by atoms with Crippen LogP contribution in [0.15, 0.2) is 0 Å². The largest absolute Gasteiger partial charge is 0.550 e. The third-order valence-electron chi connectivity index (χ3n) is 0. The fourth-order valence-corrected chi connectivity index (χ4v) is 0. The van der Waals surface area contributed by atoms with Crippen LogP contribution in [0.3, 0.4) is 0 Å². The summed E-state index contributed by atoms with van der Waals surface area (Å²) in [6.45, 7) is 2.90. The van der Waals surface area contributed by atoms with Crippen molar-refractivity contribution < 1.29 is 20.5 Å². The van der Waals surface area contributed by atoms with Crippen molar-refractivity contribution in [2.75, 3.05) is 6.61 Å². The Morgan fingerprint density at radius 2 is 1.67 bits per heavy atom. The van der Waals surface area contributed by atoms with Gasteiger partial charge in [0, 0.05) is 12.6 Å². The summed E-state index contributed by atoms with van der Waals surface area (Å²) >= 11 is 0. The van der Waals surface area contributed by atoms with Crippen LogP contribution in [0.5, 0.6) is 0 Å². The van der Waals surface area contributed by atoms with Crippen LogP contribution >= 0.6 is 0 Å². The van der Waals surface area contributed by atoms with Crippen LogP contribution in [-0.4, -0.2) is 23.2 Å². The monoisotopic (exact) mass is 141 g/mol. The average Bonchev–Trinajstić information content (AvgIpc) is 1.33. The first-order valence-electron chi connectivity index (χ1n) is 1.93. The SMILES string of the molecule is CC(=O)[O-].CCO.O.[NH4+]. The Balaban J connectivity index is -0.0000000233. The van der Waals surface area contributed by atoms with E-state index in [4.69, 9.17) is 15.0 Å². The summed E-state index contributed by atoms with van der Waals surface area (Å²) in [4.78, 5) is 8.89. The molecule has 0 unspecified atom stereocenters. The van der Waals surface area contributed by atoms with Crippen molar-refractivity contribution in [2.24, 2.45) is 0 Å². The maximum Gasteiger partial charge on any atom is 0.0402 e. The highest BCUT2D eigenvalue weighted by atomic mass is 16.4. The maximum absolute atomic E-state index is 8.89. The van der Waals surface area contributed by atoms with Crippen LogP contribution in [0, 0.1) is 0 Å². The van der Waals surface area contributed by atoms with Gasteiger partial charge in [0.15, 0.2) is 0 Å². The Labute approximate surface area is 54.2 Å². The van der Waals surface area contributed by atoms with Gasteiger partial charge in [-0.25, -0.2) is 0 Å². The molecule has 0 bridgehead atoms. The highest BCUT2D eigenvalue weighted by Gasteiger charge is 1.46. The molecule has 0 saturated carbocycles. The van der Waals surface area contributed by atoms with Gasteiger partial charge in [-0.15, -0.1) is 0 Å². The molecule has 0 aromatic rings. The molecular weight excluding hydrogens is 126 g/mol. The zero-order valence-corrected chi connectivity index (χ0v) is 5.97. The zero-order valence-electron chi connectivity index (χ0n) is 5.97. The molecule has 0 spiro atoms. The van der Waals surface area contributed by atoms with Crippen LogP contribution in [0.25, 0.3) is 0 Å². The van der Waals surface area contributed by atoms with Gasteiger partial charge in [-0.3, -0.25) is 0 Å². The van der Waals surface area contributed by atoms with E-state index in [9.17, 15) is 0 Å². The number of rotatable bonds is 0. The Bertz CT molecular complexity index is 43.8. The molecule has 0 aliphatic heterocycles. The minimum absolute atomic E-state index is 0. The van der Waals surface area contributed by atoms with Crippen LogP contribution in [0.4, 0.5) is 0 Å². The number of aliphatic carboxylic acids is 1. The summed E-state index contributed by atoms with van der Waals surface area (Å²) in [7, 11) is 0. The minimum atomic E-state index is -1.08. The van der Waals surface area contributed by atoms with Crippen LogP contribution in [-0.2, 0) is 4.79 Å². The second kappa shape index (κ2) is 26.4. The summed E-state index contributed by atoms with van der Waals surface area (Å²) in [5.41, 5.74) is 0. The Morgan fingerprint density at radius 3 is 1.67 bits per heavy atom. The highest BCUT2D eigenvalue weighted by molar-refractivity contribution is 5.60. The second-order valence-corrected chi connectivity index (χ2v) is 0.808. The molecule has 60 valence electrons. The molecule has 0 aromatic heterocycles. The van der Waals surface area contributed by atoms with E-state index in [1.807, 2.05) is 0 Å². The first kappa shape index (κ1) is 23.8. The number of hydrogen-bond donors (Lipinski definition) is 2. The van der Waals surface area contributed by atoms with Gasteiger partial charge in [0.25, 0.3) is 0 Å². The fourth-order valence-electron chi connectivity index (χ4n) is 0. The number of quaternary nitrogens is 1. The van der Waals surface area contributed by atoms with Crippen LogP contribution < -0.4 is 11.3 Å². The third-order valence-corrected chi connectivity index (χ3v) is 0. The van der Waals surface area contributed by atoms with Crippen LogP contribution in [0.1, 0.15) is 13.8 Å². The molecule has 0 heterocycles. The molecule has 9 heavy (non-hydrogen) atoms. The van der Waals surface area contributed by atoms with Crippen molar-refractivity contribution in [3.8, 4) is 0 Å². The normalized spacial score (nSPS) is 4.78. The van der Waals surface area contributed by atoms with E-state index in [1.165, 1.54) is 0 Å². The molecule has 0 saturated heterocycles. The lowest BCUT2D eigenvalue weighted by atomic mass is 10.9. The summed E-state index contributed by atoms with van der Waals surface area (Å²) < 4.78 is 0. The van der Waals surface area contributed by atoms with Gasteiger partial charge >= 0.3 is 0 Å². The van der Waals surface area contributed by atoms with E-state index < -0.39 is 5.97 Å². The second-order valence-electron chi connectivity index (χ2n) is 0.808. The number of aliphatic hydroxyl groups is 1. The third kappa shape index (κ3) is 498. The van der Waals surface area contributed by atoms with E-state index >= 15 is 0 Å². The van der Waals surface area contributed by atoms with E-state index in [0.717, 1.165) is 6.92 Å². The van der Waals surface area contributed by atoms with Gasteiger partial charge in [-0.2, -0.15) is 0 Å². The van der Waals surface area contributed by atoms with Gasteiger partial charge in [-0.05, 0) is 13.8 Å². The maximum atomic E-state index is 8.89. The van der Waals surface area contributed by atoms with E-state index in [-0.39, 0.29) is 18.2 Å². The summed E-state index contributed by atoms with van der Waals surface area (Å²) in [5.74, 6) is -1.08. The molecule has 7 N–H and O–H groups in total. The topological polar surface area (TPSA) is 128 Å². The highest BCUT2D eigenvalue weighted by Crippen LogP contribution is 1.31. The van der Waals surface area contributed by atoms with Crippen molar-refractivity contribution in [1.82, 2.24) is 6.15 Å². The quantitative estimate of drug-likeness (QED) is 0.417. The zero-order chi connectivity index (χ0) is 6.28. The molecule has 5 nitrogen and oxygen atoms in total. The summed E-state index contributed by atoms with van der Waals surface area (Å²) in [6.07, 6.45) is 0. The summed E-state index contributed by atoms with van der Waals surface area (Å²) in [5, 5.41) is 16.5. The number of aliphatic hydroxyl groups excluding tert-OH is 1. The first-order valence-corrected chi connectivity index (χ1v) is 1.93. The molecule has 0 fully saturated rings. The Hall–Kier alpha value is -0.650. The standard InChI is InChI=1S/C2H4O2.C2H6O.H3N.H2O/c1-2(3)4;1-2-3;;/h1H3,(H,3,4);3H,2H2,1H3;1H3;1H2. The van der Waals surface area contributed by atoms with E-state index in [2.05, 4.69) is 0 Å². The predicted molar refractivity (Wildman–Crippen MR) is 33.0 cm³/mol. The lowest BCUT2D eigenvalue weighted by Gasteiger charge is -1.77. The molecule has 0 aliphatic carbocycles. The molecule has 0 rings (SSSR count). The van der Waals surface area contributed by atoms with Gasteiger partial charge in [0.2, 0.25) is 0 Å². The number of carboxylic acid groups (broad SMARTS) is 1. The van der Waals surface area contributed by atoms with Gasteiger partial charge in [0.1, 0.15) is 0 Å². The molecule has 0 atom stereocenters. The smallest absolute Gasteiger partial charge is 0.0402 e. The number of hydrogen-bond acceptors (Lipinski definition) is 3. The summed E-state index contributed by atoms with van der Waals surface area (Å²) in [6, 6.07) is 0. The number of carboxylic acids is 1. The number of carbonyl (C=O) groups excluding carboxylic acids is 1. The molecule has 0 aliphatic rings. The van der Waals surface area contributed by atoms with Crippen molar-refractivity contribution >= 4 is 5.97 Å². The predicted octanol–water partition coefficient (Wildman–Crippen LogP) is -1.69. The number of carbonyl (C=O) groups is 1. The lowest BCUT2D eigenvalue weighted by molar-refractivity contribution is -0.302. The van der Waals surface area contributed by atoms with E-state index in [1.54, 1.807) is 6.92 Å². The molecular formula is C4H15NO4. The van der Waals surface area contributed by atoms with Crippen molar-refractivity contribution in [3.63, 3.8) is 0 Å². The molecule has 5 heteroatoms. The van der Waals surface area contributed by atoms with Crippen molar-refractivity contribution in [2.45, 2.75) is 13.8 Å². The van der Waals surface area contributed by atoms with Crippen molar-refractivity contribution in [3.05, 3.63) is 0 Å². The average molecular weight is 141 g/mol. The van der Waals surface area contributed by atoms with E-state index in [0.29, 0.717) is 0 Å². The van der Waals surface area contributed by atoms with Crippen LogP contribution in [0.2, 0.25) is 0 Å². The first-order chi connectivity index (χ1) is 3.15. The molecule has 0 radical (unpaired) electrons. The Kier molecular flexibility index (Phi) is 69.9. The molecule has 0 aromatic carbocycles. The lowest BCUT2D eigenvalue weighted by Crippen LogP contribution is -2.16. The van der Waals surface area contributed by atoms with Gasteiger partial charge < -0.3 is 26.6 Å². The Morgan fingerprint density at radius 1 is 1.67 bits per heavy atom. The minimum Gasteiger partial charge on any atom is -0.550 e. The van der Waals surface area contributed by atoms with Crippen molar-refractivity contribution in [1.29, 1.82) is 0 Å².